The Morgan fingerprint density at radius 1 is 1.07 bits per heavy atom. The number of amides is 1. The van der Waals surface area contributed by atoms with E-state index < -0.39 is 11.9 Å². The molecule has 1 amide bonds. The van der Waals surface area contributed by atoms with Crippen molar-refractivity contribution < 1.29 is 14.3 Å². The topological polar surface area (TPSA) is 94.1 Å². The number of ether oxygens (including phenoxy) is 1. The molecule has 27 heavy (non-hydrogen) atoms. The van der Waals surface area contributed by atoms with Crippen LogP contribution < -0.4 is 5.32 Å². The molecule has 0 atom stereocenters. The van der Waals surface area contributed by atoms with Crippen molar-refractivity contribution >= 4 is 28.9 Å². The van der Waals surface area contributed by atoms with Crippen LogP contribution >= 0.6 is 11.3 Å². The highest BCUT2D eigenvalue weighted by Crippen LogP contribution is 2.25. The lowest BCUT2D eigenvalue weighted by Gasteiger charge is -2.08. The summed E-state index contributed by atoms with van der Waals surface area (Å²) < 4.78 is 5.13. The maximum Gasteiger partial charge on any atom is 0.350 e. The molecule has 1 N–H and O–H groups in total. The fourth-order valence-corrected chi connectivity index (χ4v) is 3.44. The van der Waals surface area contributed by atoms with E-state index in [1.54, 1.807) is 25.4 Å². The molecular formula is C19H18N4O3S. The second-order valence-electron chi connectivity index (χ2n) is 6.01. The van der Waals surface area contributed by atoms with Gasteiger partial charge in [0.2, 0.25) is 0 Å². The average molecular weight is 382 g/mol. The third-order valence-electron chi connectivity index (χ3n) is 3.58. The number of aryl methyl sites for hydroxylation is 3. The zero-order valence-electron chi connectivity index (χ0n) is 15.1. The van der Waals surface area contributed by atoms with Crippen LogP contribution in [0.15, 0.2) is 36.7 Å². The van der Waals surface area contributed by atoms with E-state index in [1.807, 2.05) is 32.0 Å². The molecule has 3 aromatic rings. The van der Waals surface area contributed by atoms with Crippen molar-refractivity contribution in [3.05, 3.63) is 58.4 Å². The van der Waals surface area contributed by atoms with Gasteiger partial charge >= 0.3 is 5.97 Å². The maximum atomic E-state index is 12.3. The molecule has 0 aliphatic rings. The summed E-state index contributed by atoms with van der Waals surface area (Å²) in [6.45, 7) is 5.22. The Bertz CT molecular complexity index is 966. The van der Waals surface area contributed by atoms with E-state index in [9.17, 15) is 9.59 Å². The van der Waals surface area contributed by atoms with Crippen molar-refractivity contribution in [2.24, 2.45) is 0 Å². The van der Waals surface area contributed by atoms with Crippen LogP contribution in [-0.4, -0.2) is 33.4 Å². The Kier molecular flexibility index (Phi) is 5.56. The van der Waals surface area contributed by atoms with Crippen LogP contribution in [0.1, 0.15) is 26.5 Å². The predicted molar refractivity (Wildman–Crippen MR) is 103 cm³/mol. The van der Waals surface area contributed by atoms with E-state index in [1.165, 1.54) is 0 Å². The van der Waals surface area contributed by atoms with Crippen molar-refractivity contribution in [2.45, 2.75) is 20.8 Å². The SMILES string of the molecule is Cc1cc(C)cc(NC(=O)COC(=O)c2sc(-c3ncccn3)nc2C)c1. The highest BCUT2D eigenvalue weighted by Gasteiger charge is 2.19. The van der Waals surface area contributed by atoms with E-state index in [-0.39, 0.29) is 6.61 Å². The summed E-state index contributed by atoms with van der Waals surface area (Å²) >= 11 is 1.14. The van der Waals surface area contributed by atoms with Gasteiger partial charge in [-0.2, -0.15) is 0 Å². The minimum absolute atomic E-state index is 0.330. The van der Waals surface area contributed by atoms with Gasteiger partial charge in [-0.25, -0.2) is 19.7 Å². The number of anilines is 1. The van der Waals surface area contributed by atoms with Gasteiger partial charge in [0.05, 0.1) is 5.69 Å². The quantitative estimate of drug-likeness (QED) is 0.680. The number of rotatable bonds is 5. The molecule has 0 spiro atoms. The minimum atomic E-state index is -0.595. The Morgan fingerprint density at radius 2 is 1.74 bits per heavy atom. The molecule has 2 aromatic heterocycles. The van der Waals surface area contributed by atoms with Gasteiger partial charge in [0.1, 0.15) is 4.88 Å². The molecule has 0 aliphatic carbocycles. The van der Waals surface area contributed by atoms with Crippen LogP contribution in [0, 0.1) is 20.8 Å². The van der Waals surface area contributed by atoms with E-state index >= 15 is 0 Å². The highest BCUT2D eigenvalue weighted by molar-refractivity contribution is 7.16. The number of hydrogen-bond acceptors (Lipinski definition) is 7. The van der Waals surface area contributed by atoms with Gasteiger partial charge in [-0.3, -0.25) is 4.79 Å². The lowest BCUT2D eigenvalue weighted by molar-refractivity contribution is -0.119. The number of esters is 1. The standard InChI is InChI=1S/C19H18N4O3S/c1-11-7-12(2)9-14(8-11)23-15(24)10-26-19(25)16-13(3)22-18(27-16)17-20-5-4-6-21-17/h4-9H,10H2,1-3H3,(H,23,24). The van der Waals surface area contributed by atoms with Gasteiger partial charge in [-0.1, -0.05) is 6.07 Å². The first-order valence-corrected chi connectivity index (χ1v) is 9.04. The van der Waals surface area contributed by atoms with Gasteiger partial charge in [0.25, 0.3) is 5.91 Å². The van der Waals surface area contributed by atoms with Gasteiger partial charge in [0, 0.05) is 18.1 Å². The van der Waals surface area contributed by atoms with Crippen molar-refractivity contribution in [1.29, 1.82) is 0 Å². The van der Waals surface area contributed by atoms with Crippen LogP contribution in [0.3, 0.4) is 0 Å². The first kappa shape index (κ1) is 18.7. The molecule has 2 heterocycles. The lowest BCUT2D eigenvalue weighted by Crippen LogP contribution is -2.21. The van der Waals surface area contributed by atoms with Crippen molar-refractivity contribution in [1.82, 2.24) is 15.0 Å². The zero-order valence-corrected chi connectivity index (χ0v) is 16.0. The smallest absolute Gasteiger partial charge is 0.350 e. The molecule has 0 unspecified atom stereocenters. The summed E-state index contributed by atoms with van der Waals surface area (Å²) in [5, 5.41) is 3.26. The number of aromatic nitrogens is 3. The highest BCUT2D eigenvalue weighted by atomic mass is 32.1. The molecule has 0 saturated carbocycles. The number of thiazole rings is 1. The fraction of sp³-hybridized carbons (Fsp3) is 0.211. The van der Waals surface area contributed by atoms with E-state index in [2.05, 4.69) is 20.3 Å². The molecule has 7 nitrogen and oxygen atoms in total. The van der Waals surface area contributed by atoms with Crippen molar-refractivity contribution in [3.8, 4) is 10.8 Å². The average Bonchev–Trinajstić information content (AvgIpc) is 3.01. The Hall–Kier alpha value is -3.13. The molecule has 0 radical (unpaired) electrons. The summed E-state index contributed by atoms with van der Waals surface area (Å²) in [4.78, 5) is 37.2. The van der Waals surface area contributed by atoms with Crippen molar-refractivity contribution in [2.75, 3.05) is 11.9 Å². The number of benzene rings is 1. The minimum Gasteiger partial charge on any atom is -0.451 e. The van der Waals surface area contributed by atoms with Crippen LogP contribution in [0.2, 0.25) is 0 Å². The van der Waals surface area contributed by atoms with Crippen molar-refractivity contribution in [3.63, 3.8) is 0 Å². The number of nitrogens with one attached hydrogen (secondary N) is 1. The summed E-state index contributed by atoms with van der Waals surface area (Å²) in [5.74, 6) is -0.554. The summed E-state index contributed by atoms with van der Waals surface area (Å²) in [6.07, 6.45) is 3.21. The largest absolute Gasteiger partial charge is 0.451 e. The van der Waals surface area contributed by atoms with Gasteiger partial charge in [0.15, 0.2) is 17.4 Å². The lowest BCUT2D eigenvalue weighted by atomic mass is 10.1. The Labute approximate surface area is 160 Å². The summed E-state index contributed by atoms with van der Waals surface area (Å²) in [7, 11) is 0. The Morgan fingerprint density at radius 3 is 2.41 bits per heavy atom. The number of nitrogens with zero attached hydrogens (tertiary/aromatic N) is 3. The molecule has 0 bridgehead atoms. The van der Waals surface area contributed by atoms with Crippen LogP contribution in [-0.2, 0) is 9.53 Å². The molecule has 1 aromatic carbocycles. The molecule has 3 rings (SSSR count). The van der Waals surface area contributed by atoms with Crippen LogP contribution in [0.5, 0.6) is 0 Å². The third kappa shape index (κ3) is 4.73. The molecular weight excluding hydrogens is 364 g/mol. The Balaban J connectivity index is 1.62. The van der Waals surface area contributed by atoms with E-state index in [0.29, 0.717) is 27.1 Å². The second kappa shape index (κ2) is 8.05. The summed E-state index contributed by atoms with van der Waals surface area (Å²) in [5.41, 5.74) is 3.27. The monoisotopic (exact) mass is 382 g/mol. The molecule has 0 aliphatic heterocycles. The van der Waals surface area contributed by atoms with Gasteiger partial charge in [-0.05, 0) is 50.1 Å². The van der Waals surface area contributed by atoms with E-state index in [4.69, 9.17) is 4.74 Å². The van der Waals surface area contributed by atoms with Gasteiger partial charge in [-0.15, -0.1) is 11.3 Å². The van der Waals surface area contributed by atoms with E-state index in [0.717, 1.165) is 22.5 Å². The third-order valence-corrected chi connectivity index (χ3v) is 4.71. The molecule has 138 valence electrons. The second-order valence-corrected chi connectivity index (χ2v) is 7.01. The first-order chi connectivity index (χ1) is 12.9. The zero-order chi connectivity index (χ0) is 19.4. The normalized spacial score (nSPS) is 10.5. The van der Waals surface area contributed by atoms with Crippen LogP contribution in [0.25, 0.3) is 10.8 Å². The fourth-order valence-electron chi connectivity index (χ4n) is 2.53. The maximum absolute atomic E-state index is 12.3. The first-order valence-electron chi connectivity index (χ1n) is 8.22. The molecule has 8 heteroatoms. The molecule has 0 saturated heterocycles. The summed E-state index contributed by atoms with van der Waals surface area (Å²) in [6, 6.07) is 7.42. The number of carbonyl (C=O) groups excluding carboxylic acids is 2. The number of carbonyl (C=O) groups is 2. The number of hydrogen-bond donors (Lipinski definition) is 1. The van der Waals surface area contributed by atoms with Gasteiger partial charge < -0.3 is 10.1 Å². The van der Waals surface area contributed by atoms with Crippen LogP contribution in [0.4, 0.5) is 5.69 Å². The predicted octanol–water partition coefficient (Wildman–Crippen LogP) is 3.32. The molecule has 0 fully saturated rings.